The number of anilines is 2. The molecule has 4 amide bonds. The molecule has 4 rings (SSSR count). The molecule has 0 spiro atoms. The van der Waals surface area contributed by atoms with Gasteiger partial charge in [-0.25, -0.2) is 14.8 Å². The number of aromatic nitrogens is 2. The van der Waals surface area contributed by atoms with Crippen LogP contribution in [0.4, 0.5) is 16.2 Å². The molecule has 0 saturated carbocycles. The SMILES string of the molecule is CC(=O)c1cccc(OCC(=O)NCCCCCCCCNC(=O)c2cccc(C#Cc3cc(NC(=O)Nc4ccnc(Cl)c4)ccn3)c2)c1C(C)=O. The minimum atomic E-state index is -0.458. The van der Waals surface area contributed by atoms with E-state index in [9.17, 15) is 24.0 Å². The maximum atomic E-state index is 12.7. The lowest BCUT2D eigenvalue weighted by Crippen LogP contribution is -2.30. The number of ketones is 2. The molecule has 0 aliphatic carbocycles. The number of hydrogen-bond acceptors (Lipinski definition) is 8. The van der Waals surface area contributed by atoms with Crippen molar-refractivity contribution in [2.45, 2.75) is 52.4 Å². The fourth-order valence-electron chi connectivity index (χ4n) is 5.22. The highest BCUT2D eigenvalue weighted by atomic mass is 35.5. The van der Waals surface area contributed by atoms with Gasteiger partial charge in [0.2, 0.25) is 0 Å². The van der Waals surface area contributed by atoms with Gasteiger partial charge >= 0.3 is 6.03 Å². The average molecular weight is 737 g/mol. The van der Waals surface area contributed by atoms with Gasteiger partial charge in [-0.1, -0.05) is 61.4 Å². The summed E-state index contributed by atoms with van der Waals surface area (Å²) in [6.07, 6.45) is 8.62. The number of urea groups is 1. The zero-order valence-electron chi connectivity index (χ0n) is 29.6. The molecule has 0 atom stereocenters. The summed E-state index contributed by atoms with van der Waals surface area (Å²) in [5.74, 6) is 5.20. The van der Waals surface area contributed by atoms with Crippen molar-refractivity contribution in [1.29, 1.82) is 0 Å². The highest BCUT2D eigenvalue weighted by molar-refractivity contribution is 6.29. The number of hydrogen-bond donors (Lipinski definition) is 4. The minimum absolute atomic E-state index is 0.178. The molecule has 2 aromatic carbocycles. The van der Waals surface area contributed by atoms with Gasteiger partial charge in [-0.05, 0) is 81.1 Å². The highest BCUT2D eigenvalue weighted by Gasteiger charge is 2.17. The van der Waals surface area contributed by atoms with Crippen molar-refractivity contribution in [2.75, 3.05) is 30.3 Å². The Balaban J connectivity index is 1.09. The monoisotopic (exact) mass is 736 g/mol. The molecular formula is C40H41ClN6O6. The highest BCUT2D eigenvalue weighted by Crippen LogP contribution is 2.24. The Morgan fingerprint density at radius 2 is 1.38 bits per heavy atom. The molecule has 4 N–H and O–H groups in total. The van der Waals surface area contributed by atoms with Crippen LogP contribution < -0.4 is 26.0 Å². The molecule has 0 saturated heterocycles. The van der Waals surface area contributed by atoms with Crippen LogP contribution >= 0.6 is 11.6 Å². The smallest absolute Gasteiger partial charge is 0.323 e. The second-order valence-corrected chi connectivity index (χ2v) is 12.4. The zero-order valence-corrected chi connectivity index (χ0v) is 30.3. The van der Waals surface area contributed by atoms with E-state index in [0.717, 1.165) is 38.5 Å². The maximum Gasteiger partial charge on any atom is 0.323 e. The fourth-order valence-corrected chi connectivity index (χ4v) is 5.39. The lowest BCUT2D eigenvalue weighted by Gasteiger charge is -2.12. The topological polar surface area (TPSA) is 168 Å². The van der Waals surface area contributed by atoms with Gasteiger partial charge in [0.15, 0.2) is 18.2 Å². The van der Waals surface area contributed by atoms with Crippen LogP contribution in [0.3, 0.4) is 0 Å². The van der Waals surface area contributed by atoms with Gasteiger partial charge in [0.05, 0.1) is 5.56 Å². The number of amides is 4. The van der Waals surface area contributed by atoms with Crippen LogP contribution in [-0.4, -0.2) is 59.1 Å². The normalized spacial score (nSPS) is 10.3. The van der Waals surface area contributed by atoms with E-state index in [0.29, 0.717) is 41.3 Å². The van der Waals surface area contributed by atoms with Gasteiger partial charge in [-0.2, -0.15) is 0 Å². The number of nitrogens with one attached hydrogen (secondary N) is 4. The second-order valence-electron chi connectivity index (χ2n) is 12.0. The van der Waals surface area contributed by atoms with Crippen molar-refractivity contribution in [3.63, 3.8) is 0 Å². The van der Waals surface area contributed by atoms with Gasteiger partial charge < -0.3 is 26.0 Å². The van der Waals surface area contributed by atoms with E-state index < -0.39 is 6.03 Å². The van der Waals surface area contributed by atoms with E-state index in [1.165, 1.54) is 26.1 Å². The number of nitrogens with zero attached hydrogens (tertiary/aromatic N) is 2. The van der Waals surface area contributed by atoms with E-state index in [4.69, 9.17) is 16.3 Å². The van der Waals surface area contributed by atoms with Gasteiger partial charge in [0.25, 0.3) is 11.8 Å². The Kier molecular flexibility index (Phi) is 15.5. The Labute approximate surface area is 313 Å². The predicted molar refractivity (Wildman–Crippen MR) is 204 cm³/mol. The number of benzene rings is 2. The molecule has 2 heterocycles. The van der Waals surface area contributed by atoms with Crippen molar-refractivity contribution in [2.24, 2.45) is 0 Å². The second kappa shape index (κ2) is 20.7. The molecule has 12 nitrogen and oxygen atoms in total. The number of ether oxygens (including phenoxy) is 1. The average Bonchev–Trinajstić information content (AvgIpc) is 3.13. The molecule has 274 valence electrons. The van der Waals surface area contributed by atoms with E-state index >= 15 is 0 Å². The van der Waals surface area contributed by atoms with E-state index in [2.05, 4.69) is 43.1 Å². The molecule has 0 aliphatic rings. The first kappa shape index (κ1) is 39.7. The van der Waals surface area contributed by atoms with Gasteiger partial charge in [0.1, 0.15) is 16.6 Å². The number of Topliss-reactive ketones (excluding diaryl/α,β-unsaturated/α-hetero) is 2. The van der Waals surface area contributed by atoms with Crippen molar-refractivity contribution >= 4 is 52.4 Å². The number of pyridine rings is 2. The van der Waals surface area contributed by atoms with E-state index in [1.54, 1.807) is 66.9 Å². The number of unbranched alkanes of at least 4 members (excludes halogenated alkanes) is 5. The minimum Gasteiger partial charge on any atom is -0.483 e. The summed E-state index contributed by atoms with van der Waals surface area (Å²) in [6, 6.07) is 17.8. The molecule has 4 aromatic rings. The molecular weight excluding hydrogens is 696 g/mol. The summed E-state index contributed by atoms with van der Waals surface area (Å²) < 4.78 is 5.55. The Morgan fingerprint density at radius 3 is 2.08 bits per heavy atom. The van der Waals surface area contributed by atoms with Crippen molar-refractivity contribution in [1.82, 2.24) is 20.6 Å². The molecule has 0 bridgehead atoms. The molecule has 0 fully saturated rings. The maximum absolute atomic E-state index is 12.7. The van der Waals surface area contributed by atoms with Gasteiger partial charge in [0, 0.05) is 53.5 Å². The molecule has 0 radical (unpaired) electrons. The molecule has 53 heavy (non-hydrogen) atoms. The predicted octanol–water partition coefficient (Wildman–Crippen LogP) is 6.84. The third kappa shape index (κ3) is 13.5. The summed E-state index contributed by atoms with van der Waals surface area (Å²) in [7, 11) is 0. The van der Waals surface area contributed by atoms with E-state index in [1.807, 2.05) is 0 Å². The Bertz CT molecular complexity index is 2010. The van der Waals surface area contributed by atoms with Crippen LogP contribution in [-0.2, 0) is 4.79 Å². The summed E-state index contributed by atoms with van der Waals surface area (Å²) in [6.45, 7) is 3.56. The van der Waals surface area contributed by atoms with E-state index in [-0.39, 0.29) is 52.0 Å². The van der Waals surface area contributed by atoms with Crippen LogP contribution in [0.15, 0.2) is 79.1 Å². The van der Waals surface area contributed by atoms with Crippen molar-refractivity contribution in [3.8, 4) is 17.6 Å². The van der Waals surface area contributed by atoms with Crippen molar-refractivity contribution < 1.29 is 28.7 Å². The number of carbonyl (C=O) groups is 5. The number of halogens is 1. The third-order valence-corrected chi connectivity index (χ3v) is 8.00. The lowest BCUT2D eigenvalue weighted by atomic mass is 10.0. The van der Waals surface area contributed by atoms with Crippen LogP contribution in [0.25, 0.3) is 0 Å². The summed E-state index contributed by atoms with van der Waals surface area (Å²) in [5.41, 5.74) is 3.06. The number of carbonyl (C=O) groups excluding carboxylic acids is 5. The first-order valence-corrected chi connectivity index (χ1v) is 17.6. The molecule has 13 heteroatoms. The standard InChI is InChI=1S/C40H41ClN6O6/c1-27(48)34-13-10-14-35(38(34)28(2)49)53-26-37(50)44-19-7-5-3-4-6-8-20-45-39(51)30-12-9-11-29(23-30)15-16-31-24-32(17-21-42-31)46-40(52)47-33-18-22-43-36(41)25-33/h9-14,17-18,21-25H,3-8,19-20,26H2,1-2H3,(H,44,50)(H,45,51)(H2,42,43,46,47,52). The molecule has 0 unspecified atom stereocenters. The first-order valence-electron chi connectivity index (χ1n) is 17.2. The lowest BCUT2D eigenvalue weighted by molar-refractivity contribution is -0.123. The summed E-state index contributed by atoms with van der Waals surface area (Å²) >= 11 is 5.86. The molecule has 0 aliphatic heterocycles. The largest absolute Gasteiger partial charge is 0.483 e. The zero-order chi connectivity index (χ0) is 38.0. The van der Waals surface area contributed by atoms with Crippen molar-refractivity contribution in [3.05, 3.63) is 112 Å². The quantitative estimate of drug-likeness (QED) is 0.0395. The Hall–Kier alpha value is -6.06. The summed E-state index contributed by atoms with van der Waals surface area (Å²) in [4.78, 5) is 69.4. The van der Waals surface area contributed by atoms with Crippen LogP contribution in [0.5, 0.6) is 5.75 Å². The van der Waals surface area contributed by atoms with Gasteiger partial charge in [-0.3, -0.25) is 19.2 Å². The Morgan fingerprint density at radius 1 is 0.717 bits per heavy atom. The number of rotatable bonds is 17. The van der Waals surface area contributed by atoms with Crippen LogP contribution in [0, 0.1) is 11.8 Å². The fraction of sp³-hybridized carbons (Fsp3) is 0.275. The third-order valence-electron chi connectivity index (χ3n) is 7.79. The van der Waals surface area contributed by atoms with Crippen LogP contribution in [0.2, 0.25) is 5.15 Å². The summed E-state index contributed by atoms with van der Waals surface area (Å²) in [5, 5.41) is 11.5. The van der Waals surface area contributed by atoms with Gasteiger partial charge in [-0.15, -0.1) is 0 Å². The molecule has 2 aromatic heterocycles. The van der Waals surface area contributed by atoms with Crippen LogP contribution in [0.1, 0.15) is 94.7 Å². The first-order chi connectivity index (χ1) is 25.6.